The van der Waals surface area contributed by atoms with Crippen LogP contribution in [0.25, 0.3) is 0 Å². The number of rotatable bonds is 2. The molecule has 3 heterocycles. The lowest BCUT2D eigenvalue weighted by atomic mass is 10.1. The molecule has 2 aliphatic rings. The molecule has 1 fully saturated rings. The first kappa shape index (κ1) is 12.6. The second-order valence-corrected chi connectivity index (χ2v) is 5.36. The SMILES string of the molecule is CN1Cc2ccnn2[C@H](CC(=O)N2CCCCO2)C1. The van der Waals surface area contributed by atoms with Gasteiger partial charge in [-0.15, -0.1) is 0 Å². The first-order valence-electron chi connectivity index (χ1n) is 6.88. The van der Waals surface area contributed by atoms with Crippen molar-refractivity contribution in [2.24, 2.45) is 0 Å². The van der Waals surface area contributed by atoms with Gasteiger partial charge in [0.25, 0.3) is 0 Å². The number of likely N-dealkylation sites (N-methyl/N-ethyl adjacent to an activating group) is 1. The van der Waals surface area contributed by atoms with E-state index in [0.29, 0.717) is 19.6 Å². The normalized spacial score (nSPS) is 24.3. The van der Waals surface area contributed by atoms with Gasteiger partial charge in [-0.3, -0.25) is 19.2 Å². The number of fused-ring (bicyclic) bond motifs is 1. The summed E-state index contributed by atoms with van der Waals surface area (Å²) < 4.78 is 1.99. The summed E-state index contributed by atoms with van der Waals surface area (Å²) in [5, 5.41) is 5.88. The van der Waals surface area contributed by atoms with Crippen LogP contribution in [-0.4, -0.2) is 52.4 Å². The molecule has 1 atom stereocenters. The van der Waals surface area contributed by atoms with Crippen LogP contribution in [0.1, 0.15) is 31.0 Å². The third-order valence-corrected chi connectivity index (χ3v) is 3.74. The van der Waals surface area contributed by atoms with Gasteiger partial charge in [0.05, 0.1) is 24.8 Å². The molecule has 0 aliphatic carbocycles. The van der Waals surface area contributed by atoms with Gasteiger partial charge in [0, 0.05) is 25.8 Å². The third-order valence-electron chi connectivity index (χ3n) is 3.74. The summed E-state index contributed by atoms with van der Waals surface area (Å²) in [6.07, 6.45) is 4.34. The van der Waals surface area contributed by atoms with E-state index in [2.05, 4.69) is 17.0 Å². The Morgan fingerprint density at radius 3 is 3.21 bits per heavy atom. The molecule has 6 heteroatoms. The molecular weight excluding hydrogens is 244 g/mol. The number of carbonyl (C=O) groups is 1. The number of hydrogen-bond acceptors (Lipinski definition) is 4. The average Bonchev–Trinajstić information content (AvgIpc) is 2.88. The standard InChI is InChI=1S/C13H20N4O2/c1-15-9-11-4-5-14-17(11)12(10-15)8-13(18)16-6-2-3-7-19-16/h4-5,12H,2-3,6-10H2,1H3/t12-/m1/s1. The fourth-order valence-electron chi connectivity index (χ4n) is 2.82. The molecule has 1 aromatic heterocycles. The van der Waals surface area contributed by atoms with Gasteiger partial charge in [0.15, 0.2) is 0 Å². The van der Waals surface area contributed by atoms with Gasteiger partial charge in [-0.25, -0.2) is 5.06 Å². The van der Waals surface area contributed by atoms with E-state index in [1.165, 1.54) is 10.8 Å². The molecule has 0 aromatic carbocycles. The Balaban J connectivity index is 1.68. The largest absolute Gasteiger partial charge is 0.298 e. The Hall–Kier alpha value is -1.40. The summed E-state index contributed by atoms with van der Waals surface area (Å²) >= 11 is 0. The number of nitrogens with zero attached hydrogens (tertiary/aromatic N) is 4. The number of aromatic nitrogens is 2. The molecule has 1 aromatic rings. The maximum absolute atomic E-state index is 12.2. The van der Waals surface area contributed by atoms with Crippen LogP contribution >= 0.6 is 0 Å². The van der Waals surface area contributed by atoms with Crippen LogP contribution in [0.2, 0.25) is 0 Å². The molecule has 2 aliphatic heterocycles. The van der Waals surface area contributed by atoms with Gasteiger partial charge in [-0.2, -0.15) is 5.10 Å². The fourth-order valence-corrected chi connectivity index (χ4v) is 2.82. The lowest BCUT2D eigenvalue weighted by Crippen LogP contribution is -2.41. The predicted octanol–water partition coefficient (Wildman–Crippen LogP) is 0.814. The molecule has 0 bridgehead atoms. The van der Waals surface area contributed by atoms with Crippen molar-refractivity contribution < 1.29 is 9.63 Å². The van der Waals surface area contributed by atoms with Crippen molar-refractivity contribution in [3.8, 4) is 0 Å². The Morgan fingerprint density at radius 1 is 1.53 bits per heavy atom. The van der Waals surface area contributed by atoms with Gasteiger partial charge < -0.3 is 0 Å². The van der Waals surface area contributed by atoms with Crippen molar-refractivity contribution >= 4 is 5.91 Å². The van der Waals surface area contributed by atoms with Crippen molar-refractivity contribution in [3.05, 3.63) is 18.0 Å². The number of hydroxylamine groups is 2. The predicted molar refractivity (Wildman–Crippen MR) is 69.1 cm³/mol. The van der Waals surface area contributed by atoms with E-state index in [1.807, 2.05) is 16.9 Å². The summed E-state index contributed by atoms with van der Waals surface area (Å²) in [4.78, 5) is 19.9. The number of amides is 1. The van der Waals surface area contributed by atoms with Gasteiger partial charge in [0.2, 0.25) is 5.91 Å². The van der Waals surface area contributed by atoms with Crippen LogP contribution in [0.5, 0.6) is 0 Å². The molecule has 104 valence electrons. The Labute approximate surface area is 112 Å². The van der Waals surface area contributed by atoms with Crippen LogP contribution in [0.15, 0.2) is 12.3 Å². The van der Waals surface area contributed by atoms with Gasteiger partial charge in [-0.05, 0) is 26.0 Å². The minimum Gasteiger partial charge on any atom is -0.298 e. The molecular formula is C13H20N4O2. The van der Waals surface area contributed by atoms with E-state index >= 15 is 0 Å². The Bertz CT molecular complexity index is 453. The lowest BCUT2D eigenvalue weighted by Gasteiger charge is -2.33. The highest BCUT2D eigenvalue weighted by Gasteiger charge is 2.28. The molecule has 0 radical (unpaired) electrons. The summed E-state index contributed by atoms with van der Waals surface area (Å²) in [6.45, 7) is 3.12. The molecule has 0 saturated carbocycles. The van der Waals surface area contributed by atoms with E-state index in [1.54, 1.807) is 0 Å². The monoisotopic (exact) mass is 264 g/mol. The lowest BCUT2D eigenvalue weighted by molar-refractivity contribution is -0.198. The molecule has 0 N–H and O–H groups in total. The van der Waals surface area contributed by atoms with E-state index < -0.39 is 0 Å². The number of hydrogen-bond donors (Lipinski definition) is 0. The maximum Gasteiger partial charge on any atom is 0.248 e. The van der Waals surface area contributed by atoms with Crippen LogP contribution in [-0.2, 0) is 16.2 Å². The van der Waals surface area contributed by atoms with E-state index in [0.717, 1.165) is 25.9 Å². The van der Waals surface area contributed by atoms with E-state index in [4.69, 9.17) is 4.84 Å². The van der Waals surface area contributed by atoms with Crippen LogP contribution in [0, 0.1) is 0 Å². The van der Waals surface area contributed by atoms with Crippen LogP contribution < -0.4 is 0 Å². The first-order chi connectivity index (χ1) is 9.24. The van der Waals surface area contributed by atoms with Crippen molar-refractivity contribution in [3.63, 3.8) is 0 Å². The number of carbonyl (C=O) groups excluding carboxylic acids is 1. The zero-order chi connectivity index (χ0) is 13.2. The summed E-state index contributed by atoms with van der Waals surface area (Å²) in [5.74, 6) is 0.0708. The van der Waals surface area contributed by atoms with Gasteiger partial charge >= 0.3 is 0 Å². The average molecular weight is 264 g/mol. The zero-order valence-corrected chi connectivity index (χ0v) is 11.3. The second kappa shape index (κ2) is 5.30. The molecule has 1 amide bonds. The molecule has 6 nitrogen and oxygen atoms in total. The van der Waals surface area contributed by atoms with Crippen LogP contribution in [0.4, 0.5) is 0 Å². The summed E-state index contributed by atoms with van der Waals surface area (Å²) in [7, 11) is 2.07. The third kappa shape index (κ3) is 2.64. The summed E-state index contributed by atoms with van der Waals surface area (Å²) in [5.41, 5.74) is 1.17. The van der Waals surface area contributed by atoms with Crippen LogP contribution in [0.3, 0.4) is 0 Å². The van der Waals surface area contributed by atoms with Gasteiger partial charge in [-0.1, -0.05) is 0 Å². The van der Waals surface area contributed by atoms with Crippen molar-refractivity contribution in [1.82, 2.24) is 19.7 Å². The van der Waals surface area contributed by atoms with Crippen molar-refractivity contribution in [1.29, 1.82) is 0 Å². The molecule has 3 rings (SSSR count). The molecule has 0 spiro atoms. The highest BCUT2D eigenvalue weighted by atomic mass is 16.7. The summed E-state index contributed by atoms with van der Waals surface area (Å²) in [6, 6.07) is 2.13. The minimum atomic E-state index is 0.0708. The fraction of sp³-hybridized carbons (Fsp3) is 0.692. The zero-order valence-electron chi connectivity index (χ0n) is 11.3. The van der Waals surface area contributed by atoms with Crippen molar-refractivity contribution in [2.45, 2.75) is 31.8 Å². The topological polar surface area (TPSA) is 50.6 Å². The molecule has 1 saturated heterocycles. The highest BCUT2D eigenvalue weighted by Crippen LogP contribution is 2.23. The smallest absolute Gasteiger partial charge is 0.248 e. The minimum absolute atomic E-state index is 0.0708. The second-order valence-electron chi connectivity index (χ2n) is 5.36. The van der Waals surface area contributed by atoms with Crippen molar-refractivity contribution in [2.75, 3.05) is 26.7 Å². The molecule has 19 heavy (non-hydrogen) atoms. The Kier molecular flexibility index (Phi) is 3.52. The van der Waals surface area contributed by atoms with E-state index in [-0.39, 0.29) is 11.9 Å². The van der Waals surface area contributed by atoms with E-state index in [9.17, 15) is 4.79 Å². The molecule has 0 unspecified atom stereocenters. The highest BCUT2D eigenvalue weighted by molar-refractivity contribution is 5.75. The maximum atomic E-state index is 12.2. The first-order valence-corrected chi connectivity index (χ1v) is 6.88. The van der Waals surface area contributed by atoms with Gasteiger partial charge in [0.1, 0.15) is 0 Å². The Morgan fingerprint density at radius 2 is 2.42 bits per heavy atom. The quantitative estimate of drug-likeness (QED) is 0.793.